The molecular weight excluding hydrogens is 350 g/mol. The van der Waals surface area contributed by atoms with Crippen LogP contribution in [0.5, 0.6) is 0 Å². The number of rotatable bonds is 7. The zero-order valence-corrected chi connectivity index (χ0v) is 16.0. The van der Waals surface area contributed by atoms with Crippen molar-refractivity contribution in [1.29, 1.82) is 0 Å². The van der Waals surface area contributed by atoms with Gasteiger partial charge in [0.2, 0.25) is 11.8 Å². The molecule has 2 amide bonds. The Morgan fingerprint density at radius 3 is 2.65 bits per heavy atom. The molecular formula is C18H23N5O2S. The molecule has 2 N–H and O–H groups in total. The fourth-order valence-corrected chi connectivity index (χ4v) is 3.56. The van der Waals surface area contributed by atoms with Gasteiger partial charge in [0.15, 0.2) is 5.16 Å². The summed E-state index contributed by atoms with van der Waals surface area (Å²) in [6.45, 7) is 5.62. The van der Waals surface area contributed by atoms with E-state index in [2.05, 4.69) is 20.8 Å². The number of aromatic nitrogens is 3. The van der Waals surface area contributed by atoms with Crippen molar-refractivity contribution in [2.45, 2.75) is 50.1 Å². The van der Waals surface area contributed by atoms with Crippen LogP contribution >= 0.6 is 11.8 Å². The van der Waals surface area contributed by atoms with E-state index in [0.717, 1.165) is 34.8 Å². The Kier molecular flexibility index (Phi) is 5.61. The van der Waals surface area contributed by atoms with E-state index < -0.39 is 0 Å². The minimum atomic E-state index is -0.357. The average molecular weight is 373 g/mol. The first-order chi connectivity index (χ1) is 12.5. The van der Waals surface area contributed by atoms with Crippen LogP contribution < -0.4 is 10.6 Å². The lowest BCUT2D eigenvalue weighted by molar-refractivity contribution is -0.123. The van der Waals surface area contributed by atoms with Gasteiger partial charge in [-0.15, -0.1) is 10.2 Å². The number of amides is 2. The highest BCUT2D eigenvalue weighted by molar-refractivity contribution is 8.00. The largest absolute Gasteiger partial charge is 0.346 e. The van der Waals surface area contributed by atoms with Gasteiger partial charge in [-0.2, -0.15) is 0 Å². The molecule has 1 heterocycles. The number of aryl methyl sites for hydroxylation is 2. The van der Waals surface area contributed by atoms with Crippen LogP contribution in [0.3, 0.4) is 0 Å². The zero-order valence-electron chi connectivity index (χ0n) is 15.2. The molecule has 138 valence electrons. The van der Waals surface area contributed by atoms with Gasteiger partial charge in [-0.1, -0.05) is 30.0 Å². The Balaban J connectivity index is 1.50. The van der Waals surface area contributed by atoms with Gasteiger partial charge >= 0.3 is 0 Å². The van der Waals surface area contributed by atoms with Crippen LogP contribution in [0.15, 0.2) is 29.7 Å². The molecule has 7 nitrogen and oxygen atoms in total. The lowest BCUT2D eigenvalue weighted by Gasteiger charge is -2.14. The molecule has 8 heteroatoms. The maximum Gasteiger partial charge on any atom is 0.243 e. The molecule has 1 fully saturated rings. The minimum absolute atomic E-state index is 0.0627. The number of para-hydroxylation sites is 1. The second kappa shape index (κ2) is 7.90. The summed E-state index contributed by atoms with van der Waals surface area (Å²) in [5.41, 5.74) is 2.78. The number of nitrogens with one attached hydrogen (secondary N) is 2. The van der Waals surface area contributed by atoms with Crippen LogP contribution in [-0.4, -0.2) is 38.4 Å². The first kappa shape index (κ1) is 18.4. The predicted octanol–water partition coefficient (Wildman–Crippen LogP) is 2.47. The van der Waals surface area contributed by atoms with Gasteiger partial charge < -0.3 is 15.2 Å². The molecule has 0 spiro atoms. The predicted molar refractivity (Wildman–Crippen MR) is 101 cm³/mol. The minimum Gasteiger partial charge on any atom is -0.346 e. The molecule has 1 aromatic heterocycles. The topological polar surface area (TPSA) is 88.9 Å². The quantitative estimate of drug-likeness (QED) is 0.728. The van der Waals surface area contributed by atoms with Gasteiger partial charge in [-0.25, -0.2) is 0 Å². The average Bonchev–Trinajstić information content (AvgIpc) is 3.35. The van der Waals surface area contributed by atoms with Crippen LogP contribution in [0.4, 0.5) is 5.69 Å². The Morgan fingerprint density at radius 1 is 1.31 bits per heavy atom. The summed E-state index contributed by atoms with van der Waals surface area (Å²) < 4.78 is 2.02. The van der Waals surface area contributed by atoms with E-state index in [9.17, 15) is 9.59 Å². The van der Waals surface area contributed by atoms with E-state index >= 15 is 0 Å². The Hall–Kier alpha value is -2.35. The van der Waals surface area contributed by atoms with Gasteiger partial charge in [0.05, 0.1) is 11.8 Å². The summed E-state index contributed by atoms with van der Waals surface area (Å²) in [6.07, 6.45) is 3.97. The van der Waals surface area contributed by atoms with Gasteiger partial charge in [0.25, 0.3) is 0 Å². The van der Waals surface area contributed by atoms with E-state index in [0.29, 0.717) is 6.04 Å². The Bertz CT molecular complexity index is 795. The molecule has 3 rings (SSSR count). The number of carbonyl (C=O) groups is 2. The number of benzene rings is 1. The number of thioether (sulfide) groups is 1. The lowest BCUT2D eigenvalue weighted by atomic mass is 10.1. The zero-order chi connectivity index (χ0) is 18.7. The third-order valence-corrected chi connectivity index (χ3v) is 5.37. The van der Waals surface area contributed by atoms with Crippen molar-refractivity contribution in [1.82, 2.24) is 20.1 Å². The summed E-state index contributed by atoms with van der Waals surface area (Å²) in [5, 5.41) is 14.0. The molecule has 2 aromatic rings. The van der Waals surface area contributed by atoms with Crippen molar-refractivity contribution in [2.24, 2.45) is 0 Å². The van der Waals surface area contributed by atoms with Crippen molar-refractivity contribution in [3.8, 4) is 0 Å². The van der Waals surface area contributed by atoms with Crippen LogP contribution in [0.25, 0.3) is 0 Å². The van der Waals surface area contributed by atoms with Crippen LogP contribution in [0.2, 0.25) is 0 Å². The van der Waals surface area contributed by atoms with Crippen LogP contribution in [0, 0.1) is 13.8 Å². The molecule has 1 aliphatic carbocycles. The molecule has 1 unspecified atom stereocenters. The van der Waals surface area contributed by atoms with E-state index in [1.807, 2.05) is 36.6 Å². The third-order valence-electron chi connectivity index (χ3n) is 4.30. The smallest absolute Gasteiger partial charge is 0.243 e. The number of hydrogen-bond acceptors (Lipinski definition) is 5. The van der Waals surface area contributed by atoms with Crippen LogP contribution in [0.1, 0.15) is 36.9 Å². The molecule has 0 radical (unpaired) electrons. The highest BCUT2D eigenvalue weighted by Gasteiger charge is 2.28. The normalized spacial score (nSPS) is 14.7. The van der Waals surface area contributed by atoms with E-state index in [4.69, 9.17) is 0 Å². The van der Waals surface area contributed by atoms with Crippen molar-refractivity contribution in [2.75, 3.05) is 11.9 Å². The number of carbonyl (C=O) groups excluding carboxylic acids is 2. The molecule has 1 aliphatic rings. The second-order valence-electron chi connectivity index (χ2n) is 6.54. The molecule has 0 saturated heterocycles. The number of hydrogen-bond donors (Lipinski definition) is 2. The van der Waals surface area contributed by atoms with Gasteiger partial charge in [-0.05, 0) is 44.7 Å². The Morgan fingerprint density at radius 2 is 2.00 bits per heavy atom. The summed E-state index contributed by atoms with van der Waals surface area (Å²) in [6, 6.07) is 6.29. The molecule has 1 aromatic carbocycles. The molecule has 26 heavy (non-hydrogen) atoms. The highest BCUT2D eigenvalue weighted by Crippen LogP contribution is 2.37. The van der Waals surface area contributed by atoms with E-state index in [1.165, 1.54) is 11.8 Å². The highest BCUT2D eigenvalue weighted by atomic mass is 32.2. The van der Waals surface area contributed by atoms with Gasteiger partial charge in [0, 0.05) is 11.7 Å². The monoisotopic (exact) mass is 373 g/mol. The molecule has 1 saturated carbocycles. The van der Waals surface area contributed by atoms with Crippen molar-refractivity contribution < 1.29 is 9.59 Å². The maximum atomic E-state index is 12.3. The van der Waals surface area contributed by atoms with E-state index in [1.54, 1.807) is 13.3 Å². The summed E-state index contributed by atoms with van der Waals surface area (Å²) in [7, 11) is 0. The fraction of sp³-hybridized carbons (Fsp3) is 0.444. The fourth-order valence-electron chi connectivity index (χ4n) is 2.64. The molecule has 0 bridgehead atoms. The first-order valence-corrected chi connectivity index (χ1v) is 9.53. The molecule has 1 atom stereocenters. The summed E-state index contributed by atoms with van der Waals surface area (Å²) in [4.78, 5) is 24.4. The number of nitrogens with zero attached hydrogens (tertiary/aromatic N) is 3. The van der Waals surface area contributed by atoms with E-state index in [-0.39, 0.29) is 23.6 Å². The lowest BCUT2D eigenvalue weighted by Crippen LogP contribution is -2.37. The van der Waals surface area contributed by atoms with Crippen molar-refractivity contribution in [3.05, 3.63) is 35.7 Å². The van der Waals surface area contributed by atoms with Crippen molar-refractivity contribution in [3.63, 3.8) is 0 Å². The SMILES string of the molecule is Cc1cccc(C)c1NC(=O)CNC(=O)C(C)Sc1nncn1C1CC1. The standard InChI is InChI=1S/C18H23N5O2S/c1-11-5-4-6-12(2)16(11)21-15(24)9-19-17(25)13(3)26-18-22-20-10-23(18)14-7-8-14/h4-6,10,13-14H,7-9H2,1-3H3,(H,19,25)(H,21,24). The third kappa shape index (κ3) is 4.43. The second-order valence-corrected chi connectivity index (χ2v) is 7.85. The van der Waals surface area contributed by atoms with Gasteiger partial charge in [0.1, 0.15) is 6.33 Å². The van der Waals surface area contributed by atoms with Crippen molar-refractivity contribution >= 4 is 29.3 Å². The Labute approximate surface area is 157 Å². The van der Waals surface area contributed by atoms with Crippen LogP contribution in [-0.2, 0) is 9.59 Å². The summed E-state index contributed by atoms with van der Waals surface area (Å²) in [5.74, 6) is -0.439. The number of anilines is 1. The maximum absolute atomic E-state index is 12.3. The summed E-state index contributed by atoms with van der Waals surface area (Å²) >= 11 is 1.36. The van der Waals surface area contributed by atoms with Gasteiger partial charge in [-0.3, -0.25) is 9.59 Å². The molecule has 0 aliphatic heterocycles. The first-order valence-electron chi connectivity index (χ1n) is 8.65.